The molecule has 24 heavy (non-hydrogen) atoms. The van der Waals surface area contributed by atoms with E-state index in [-0.39, 0.29) is 5.69 Å². The van der Waals surface area contributed by atoms with Crippen molar-refractivity contribution < 1.29 is 9.66 Å². The second-order valence-corrected chi connectivity index (χ2v) is 5.88. The van der Waals surface area contributed by atoms with Crippen LogP contribution in [0.25, 0.3) is 0 Å². The molecule has 8 heteroatoms. The number of hydrogen-bond acceptors (Lipinski definition) is 6. The van der Waals surface area contributed by atoms with Crippen LogP contribution >= 0.6 is 0 Å². The highest BCUT2D eigenvalue weighted by Crippen LogP contribution is 2.24. The molecule has 128 valence electrons. The Morgan fingerprint density at radius 3 is 3.00 bits per heavy atom. The number of rotatable bonds is 6. The summed E-state index contributed by atoms with van der Waals surface area (Å²) in [6.45, 7) is 1.79. The first kappa shape index (κ1) is 16.4. The van der Waals surface area contributed by atoms with Gasteiger partial charge in [-0.25, -0.2) is 0 Å². The summed E-state index contributed by atoms with van der Waals surface area (Å²) in [7, 11) is 1.57. The number of anilines is 1. The molecule has 1 aliphatic heterocycles. The van der Waals surface area contributed by atoms with E-state index >= 15 is 0 Å². The van der Waals surface area contributed by atoms with Crippen LogP contribution in [0.3, 0.4) is 0 Å². The quantitative estimate of drug-likeness (QED) is 0.646. The standard InChI is InChI=1S/C16H21N5O3/c1-24-11-12-9-13(21(22)23)6-7-14(12)17-10-16-19-18-15-5-3-2-4-8-20(15)16/h6-7,9,17H,2-5,8,10-11H2,1H3. The maximum absolute atomic E-state index is 10.9. The number of methoxy groups -OCH3 is 1. The second-order valence-electron chi connectivity index (χ2n) is 5.88. The summed E-state index contributed by atoms with van der Waals surface area (Å²) in [5.74, 6) is 1.94. The van der Waals surface area contributed by atoms with Gasteiger partial charge in [0.25, 0.3) is 5.69 Å². The summed E-state index contributed by atoms with van der Waals surface area (Å²) < 4.78 is 7.33. The average molecular weight is 331 g/mol. The summed E-state index contributed by atoms with van der Waals surface area (Å²) in [4.78, 5) is 10.5. The number of non-ortho nitro benzene ring substituents is 1. The monoisotopic (exact) mass is 331 g/mol. The van der Waals surface area contributed by atoms with E-state index in [4.69, 9.17) is 4.74 Å². The minimum Gasteiger partial charge on any atom is -0.380 e. The van der Waals surface area contributed by atoms with Gasteiger partial charge in [-0.2, -0.15) is 0 Å². The number of aryl methyl sites for hydroxylation is 1. The average Bonchev–Trinajstić information content (AvgIpc) is 2.80. The lowest BCUT2D eigenvalue weighted by Crippen LogP contribution is -2.11. The van der Waals surface area contributed by atoms with Crippen LogP contribution in [0.4, 0.5) is 11.4 Å². The van der Waals surface area contributed by atoms with E-state index in [1.165, 1.54) is 18.6 Å². The van der Waals surface area contributed by atoms with Crippen molar-refractivity contribution in [1.82, 2.24) is 14.8 Å². The Morgan fingerprint density at radius 2 is 2.21 bits per heavy atom. The van der Waals surface area contributed by atoms with Gasteiger partial charge < -0.3 is 14.6 Å². The summed E-state index contributed by atoms with van der Waals surface area (Å²) in [6, 6.07) is 4.74. The van der Waals surface area contributed by atoms with Gasteiger partial charge in [-0.3, -0.25) is 10.1 Å². The number of nitro groups is 1. The van der Waals surface area contributed by atoms with E-state index in [2.05, 4.69) is 20.1 Å². The second kappa shape index (κ2) is 7.39. The molecule has 0 fully saturated rings. The minimum absolute atomic E-state index is 0.0592. The summed E-state index contributed by atoms with van der Waals surface area (Å²) in [5.41, 5.74) is 1.62. The largest absolute Gasteiger partial charge is 0.380 e. The van der Waals surface area contributed by atoms with Crippen LogP contribution in [0.1, 0.15) is 36.5 Å². The Hall–Kier alpha value is -2.48. The van der Waals surface area contributed by atoms with Crippen molar-refractivity contribution in [2.75, 3.05) is 12.4 Å². The molecule has 1 aliphatic rings. The number of benzene rings is 1. The Balaban J connectivity index is 1.77. The van der Waals surface area contributed by atoms with Gasteiger partial charge in [0.2, 0.25) is 0 Å². The molecule has 8 nitrogen and oxygen atoms in total. The molecule has 0 aliphatic carbocycles. The predicted molar refractivity (Wildman–Crippen MR) is 88.7 cm³/mol. The number of nitro benzene ring substituents is 1. The molecule has 1 aromatic heterocycles. The van der Waals surface area contributed by atoms with E-state index < -0.39 is 4.92 Å². The van der Waals surface area contributed by atoms with E-state index in [0.717, 1.165) is 48.7 Å². The van der Waals surface area contributed by atoms with E-state index in [9.17, 15) is 10.1 Å². The molecule has 0 saturated heterocycles. The Bertz CT molecular complexity index is 728. The summed E-state index contributed by atoms with van der Waals surface area (Å²) >= 11 is 0. The minimum atomic E-state index is -0.401. The van der Waals surface area contributed by atoms with Crippen LogP contribution < -0.4 is 5.32 Å². The van der Waals surface area contributed by atoms with Gasteiger partial charge >= 0.3 is 0 Å². The fourth-order valence-electron chi connectivity index (χ4n) is 2.99. The fraction of sp³-hybridized carbons (Fsp3) is 0.500. The zero-order chi connectivity index (χ0) is 16.9. The number of nitrogens with one attached hydrogen (secondary N) is 1. The predicted octanol–water partition coefficient (Wildman–Crippen LogP) is 2.67. The lowest BCUT2D eigenvalue weighted by Gasteiger charge is -2.12. The highest BCUT2D eigenvalue weighted by molar-refractivity contribution is 5.55. The molecule has 0 radical (unpaired) electrons. The van der Waals surface area contributed by atoms with E-state index in [1.807, 2.05) is 0 Å². The number of aromatic nitrogens is 3. The highest BCUT2D eigenvalue weighted by atomic mass is 16.6. The molecule has 3 rings (SSSR count). The zero-order valence-electron chi connectivity index (χ0n) is 13.7. The fourth-order valence-corrected chi connectivity index (χ4v) is 2.99. The van der Waals surface area contributed by atoms with E-state index in [0.29, 0.717) is 13.2 Å². The smallest absolute Gasteiger partial charge is 0.269 e. The van der Waals surface area contributed by atoms with Crippen LogP contribution in [0.2, 0.25) is 0 Å². The Kier molecular flexibility index (Phi) is 5.05. The Labute approximate surface area is 140 Å². The van der Waals surface area contributed by atoms with Gasteiger partial charge in [-0.1, -0.05) is 6.42 Å². The van der Waals surface area contributed by atoms with Crippen molar-refractivity contribution in [3.63, 3.8) is 0 Å². The molecule has 0 spiro atoms. The molecule has 0 amide bonds. The maximum Gasteiger partial charge on any atom is 0.269 e. The van der Waals surface area contributed by atoms with Gasteiger partial charge in [0.1, 0.15) is 5.82 Å². The van der Waals surface area contributed by atoms with Gasteiger partial charge in [-0.15, -0.1) is 10.2 Å². The van der Waals surface area contributed by atoms with Crippen molar-refractivity contribution in [3.8, 4) is 0 Å². The first-order valence-corrected chi connectivity index (χ1v) is 8.10. The molecule has 0 unspecified atom stereocenters. The normalized spacial score (nSPS) is 14.0. The third kappa shape index (κ3) is 3.53. The van der Waals surface area contributed by atoms with Crippen LogP contribution in [-0.4, -0.2) is 26.8 Å². The van der Waals surface area contributed by atoms with Crippen LogP contribution in [0, 0.1) is 10.1 Å². The third-order valence-electron chi connectivity index (χ3n) is 4.22. The Morgan fingerprint density at radius 1 is 1.33 bits per heavy atom. The molecule has 2 aromatic rings. The van der Waals surface area contributed by atoms with Crippen molar-refractivity contribution >= 4 is 11.4 Å². The number of fused-ring (bicyclic) bond motifs is 1. The van der Waals surface area contributed by atoms with Crippen LogP contribution in [-0.2, 0) is 30.9 Å². The lowest BCUT2D eigenvalue weighted by atomic mass is 10.1. The van der Waals surface area contributed by atoms with Crippen molar-refractivity contribution in [2.45, 2.75) is 45.4 Å². The van der Waals surface area contributed by atoms with Gasteiger partial charge in [0.15, 0.2) is 5.82 Å². The summed E-state index contributed by atoms with van der Waals surface area (Å²) in [6.07, 6.45) is 4.49. The maximum atomic E-state index is 10.9. The molecule has 2 heterocycles. The number of ether oxygens (including phenoxy) is 1. The van der Waals surface area contributed by atoms with Gasteiger partial charge in [-0.05, 0) is 18.9 Å². The third-order valence-corrected chi connectivity index (χ3v) is 4.22. The van der Waals surface area contributed by atoms with E-state index in [1.54, 1.807) is 13.2 Å². The van der Waals surface area contributed by atoms with Gasteiger partial charge in [0, 0.05) is 43.5 Å². The topological polar surface area (TPSA) is 95.1 Å². The number of hydrogen-bond donors (Lipinski definition) is 1. The molecule has 0 saturated carbocycles. The summed E-state index contributed by atoms with van der Waals surface area (Å²) in [5, 5.41) is 22.8. The molecule has 1 N–H and O–H groups in total. The van der Waals surface area contributed by atoms with Gasteiger partial charge in [0.05, 0.1) is 18.1 Å². The van der Waals surface area contributed by atoms with Crippen molar-refractivity contribution in [3.05, 3.63) is 45.5 Å². The lowest BCUT2D eigenvalue weighted by molar-refractivity contribution is -0.384. The highest BCUT2D eigenvalue weighted by Gasteiger charge is 2.15. The number of nitrogens with zero attached hydrogens (tertiary/aromatic N) is 4. The molecular weight excluding hydrogens is 310 g/mol. The first-order valence-electron chi connectivity index (χ1n) is 8.10. The first-order chi connectivity index (χ1) is 11.7. The molecular formula is C16H21N5O3. The van der Waals surface area contributed by atoms with Crippen LogP contribution in [0.5, 0.6) is 0 Å². The van der Waals surface area contributed by atoms with Crippen molar-refractivity contribution in [2.24, 2.45) is 0 Å². The van der Waals surface area contributed by atoms with Crippen molar-refractivity contribution in [1.29, 1.82) is 0 Å². The SMILES string of the molecule is COCc1cc([N+](=O)[O-])ccc1NCc1nnc2n1CCCCC2. The molecule has 1 aromatic carbocycles. The molecule has 0 bridgehead atoms. The zero-order valence-corrected chi connectivity index (χ0v) is 13.7. The molecule has 0 atom stereocenters. The van der Waals surface area contributed by atoms with Crippen LogP contribution in [0.15, 0.2) is 18.2 Å².